The fourth-order valence-electron chi connectivity index (χ4n) is 4.83. The van der Waals surface area contributed by atoms with E-state index in [1.165, 1.54) is 5.56 Å². The van der Waals surface area contributed by atoms with Crippen LogP contribution < -0.4 is 9.47 Å². The molecule has 1 heterocycles. The number of carbonyl (C=O) groups excluding carboxylic acids is 1. The molecule has 2 aromatic rings. The highest BCUT2D eigenvalue weighted by atomic mass is 16.5. The number of rotatable bonds is 9. The molecule has 5 nitrogen and oxygen atoms in total. The topological polar surface area (TPSA) is 48.0 Å². The molecule has 1 fully saturated rings. The van der Waals surface area contributed by atoms with Gasteiger partial charge in [-0.25, -0.2) is 0 Å². The van der Waals surface area contributed by atoms with Gasteiger partial charge < -0.3 is 19.1 Å². The van der Waals surface area contributed by atoms with E-state index in [1.54, 1.807) is 21.1 Å². The van der Waals surface area contributed by atoms with E-state index in [2.05, 4.69) is 26.0 Å². The lowest BCUT2D eigenvalue weighted by molar-refractivity contribution is -0.129. The van der Waals surface area contributed by atoms with Crippen molar-refractivity contribution in [2.75, 3.05) is 27.4 Å². The second-order valence-corrected chi connectivity index (χ2v) is 9.29. The van der Waals surface area contributed by atoms with E-state index in [0.717, 1.165) is 42.9 Å². The highest BCUT2D eigenvalue weighted by Gasteiger charge is 2.35. The molecule has 0 aliphatic carbocycles. The van der Waals surface area contributed by atoms with Crippen molar-refractivity contribution in [2.45, 2.75) is 58.1 Å². The minimum atomic E-state index is -0.132. The molecule has 0 saturated carbocycles. The van der Waals surface area contributed by atoms with Gasteiger partial charge in [0, 0.05) is 26.6 Å². The van der Waals surface area contributed by atoms with Crippen LogP contribution in [0, 0.1) is 5.92 Å². The monoisotopic (exact) mass is 439 g/mol. The Morgan fingerprint density at radius 1 is 1.12 bits per heavy atom. The molecule has 32 heavy (non-hydrogen) atoms. The van der Waals surface area contributed by atoms with E-state index in [1.807, 2.05) is 41.3 Å². The Morgan fingerprint density at radius 2 is 1.84 bits per heavy atom. The van der Waals surface area contributed by atoms with Gasteiger partial charge in [0.15, 0.2) is 0 Å². The third kappa shape index (κ3) is 6.26. The first-order valence-corrected chi connectivity index (χ1v) is 11.5. The summed E-state index contributed by atoms with van der Waals surface area (Å²) in [5.74, 6) is 2.61. The molecule has 0 N–H and O–H groups in total. The summed E-state index contributed by atoms with van der Waals surface area (Å²) in [6, 6.07) is 16.2. The molecular formula is C27H37NO4. The smallest absolute Gasteiger partial charge is 0.219 e. The van der Waals surface area contributed by atoms with Gasteiger partial charge in [-0.05, 0) is 74.3 Å². The van der Waals surface area contributed by atoms with Crippen molar-refractivity contribution in [3.63, 3.8) is 0 Å². The van der Waals surface area contributed by atoms with Gasteiger partial charge in [0.1, 0.15) is 11.5 Å². The molecule has 1 aliphatic heterocycles. The maximum atomic E-state index is 12.5. The summed E-state index contributed by atoms with van der Waals surface area (Å²) in [4.78, 5) is 14.4. The summed E-state index contributed by atoms with van der Waals surface area (Å²) in [5.41, 5.74) is 2.19. The Hall–Kier alpha value is -2.53. The van der Waals surface area contributed by atoms with Gasteiger partial charge in [0.25, 0.3) is 0 Å². The Balaban J connectivity index is 1.80. The zero-order valence-electron chi connectivity index (χ0n) is 20.1. The molecule has 1 saturated heterocycles. The summed E-state index contributed by atoms with van der Waals surface area (Å²) in [6.45, 7) is 8.05. The maximum absolute atomic E-state index is 12.5. The van der Waals surface area contributed by atoms with Crippen LogP contribution in [0.4, 0.5) is 0 Å². The Kier molecular flexibility index (Phi) is 8.19. The van der Waals surface area contributed by atoms with Crippen molar-refractivity contribution >= 4 is 5.91 Å². The van der Waals surface area contributed by atoms with E-state index in [4.69, 9.17) is 14.2 Å². The van der Waals surface area contributed by atoms with E-state index in [9.17, 15) is 4.79 Å². The molecular weight excluding hydrogens is 402 g/mol. The number of benzene rings is 2. The fraction of sp³-hybridized carbons (Fsp3) is 0.519. The minimum Gasteiger partial charge on any atom is -0.497 e. The third-order valence-electron chi connectivity index (χ3n) is 6.53. The molecule has 174 valence electrons. The maximum Gasteiger partial charge on any atom is 0.219 e. The summed E-state index contributed by atoms with van der Waals surface area (Å²) in [6.07, 6.45) is 2.90. The molecule has 0 spiro atoms. The molecule has 1 aliphatic rings. The molecule has 0 bridgehead atoms. The van der Waals surface area contributed by atoms with Gasteiger partial charge in [-0.2, -0.15) is 0 Å². The van der Waals surface area contributed by atoms with Crippen LogP contribution in [-0.2, 0) is 16.1 Å². The number of nitrogens with zero attached hydrogens (tertiary/aromatic N) is 1. The highest BCUT2D eigenvalue weighted by molar-refractivity contribution is 5.73. The predicted molar refractivity (Wildman–Crippen MR) is 127 cm³/mol. The molecule has 5 heteroatoms. The largest absolute Gasteiger partial charge is 0.497 e. The van der Waals surface area contributed by atoms with Crippen LogP contribution in [-0.4, -0.2) is 43.8 Å². The number of ether oxygens (including phenoxy) is 3. The number of hydrogen-bond donors (Lipinski definition) is 0. The lowest BCUT2D eigenvalue weighted by Gasteiger charge is -2.40. The minimum absolute atomic E-state index is 0.0897. The number of methoxy groups -OCH3 is 2. The van der Waals surface area contributed by atoms with Crippen molar-refractivity contribution in [2.24, 2.45) is 5.92 Å². The van der Waals surface area contributed by atoms with Gasteiger partial charge in [0.05, 0.1) is 19.8 Å². The van der Waals surface area contributed by atoms with Crippen molar-refractivity contribution in [3.05, 3.63) is 59.7 Å². The zero-order valence-corrected chi connectivity index (χ0v) is 20.1. The standard InChI is InChI=1S/C27H37NO4/c1-20(29)28(19-21-10-12-23(30-4)13-11-21)16-14-24(22-15-17-32-27(2,3)18-22)25-8-6-7-9-26(25)31-5/h6-13,22,24H,14-19H2,1-5H3/t22-,24+/m0/s1. The SMILES string of the molecule is COc1ccc(CN(CC[C@@H](c2ccccc2OC)[C@H]2CCOC(C)(C)C2)C(C)=O)cc1. The molecule has 0 aromatic heterocycles. The summed E-state index contributed by atoms with van der Waals surface area (Å²) >= 11 is 0. The number of amides is 1. The van der Waals surface area contributed by atoms with Crippen LogP contribution in [0.1, 0.15) is 57.1 Å². The first-order chi connectivity index (χ1) is 15.3. The van der Waals surface area contributed by atoms with Gasteiger partial charge >= 0.3 is 0 Å². The van der Waals surface area contributed by atoms with Gasteiger partial charge in [0.2, 0.25) is 5.91 Å². The fourth-order valence-corrected chi connectivity index (χ4v) is 4.83. The molecule has 2 aromatic carbocycles. The first-order valence-electron chi connectivity index (χ1n) is 11.5. The highest BCUT2D eigenvalue weighted by Crippen LogP contribution is 2.42. The van der Waals surface area contributed by atoms with E-state index in [0.29, 0.717) is 24.9 Å². The van der Waals surface area contributed by atoms with Gasteiger partial charge in [-0.15, -0.1) is 0 Å². The summed E-state index contributed by atoms with van der Waals surface area (Å²) < 4.78 is 17.0. The van der Waals surface area contributed by atoms with Crippen LogP contribution >= 0.6 is 0 Å². The van der Waals surface area contributed by atoms with Crippen molar-refractivity contribution in [1.29, 1.82) is 0 Å². The molecule has 2 atom stereocenters. The second kappa shape index (κ2) is 10.9. The van der Waals surface area contributed by atoms with Gasteiger partial charge in [-0.3, -0.25) is 4.79 Å². The lowest BCUT2D eigenvalue weighted by atomic mass is 9.75. The van der Waals surface area contributed by atoms with E-state index in [-0.39, 0.29) is 11.5 Å². The molecule has 0 radical (unpaired) electrons. The number of para-hydroxylation sites is 1. The Bertz CT molecular complexity index is 877. The van der Waals surface area contributed by atoms with Crippen LogP contribution in [0.2, 0.25) is 0 Å². The lowest BCUT2D eigenvalue weighted by Crippen LogP contribution is -2.37. The Morgan fingerprint density at radius 3 is 2.47 bits per heavy atom. The summed E-state index contributed by atoms with van der Waals surface area (Å²) in [7, 11) is 3.39. The second-order valence-electron chi connectivity index (χ2n) is 9.29. The van der Waals surface area contributed by atoms with Crippen LogP contribution in [0.3, 0.4) is 0 Å². The average Bonchev–Trinajstić information content (AvgIpc) is 2.78. The Labute approximate surface area is 192 Å². The van der Waals surface area contributed by atoms with Crippen molar-refractivity contribution in [1.82, 2.24) is 4.90 Å². The predicted octanol–water partition coefficient (Wildman–Crippen LogP) is 5.43. The van der Waals surface area contributed by atoms with E-state index < -0.39 is 0 Å². The molecule has 3 rings (SSSR count). The van der Waals surface area contributed by atoms with Crippen molar-refractivity contribution in [3.8, 4) is 11.5 Å². The first kappa shape index (κ1) is 24.1. The van der Waals surface area contributed by atoms with Crippen LogP contribution in [0.15, 0.2) is 48.5 Å². The van der Waals surface area contributed by atoms with Crippen LogP contribution in [0.25, 0.3) is 0 Å². The summed E-state index contributed by atoms with van der Waals surface area (Å²) in [5, 5.41) is 0. The molecule has 0 unspecified atom stereocenters. The van der Waals surface area contributed by atoms with Gasteiger partial charge in [-0.1, -0.05) is 30.3 Å². The van der Waals surface area contributed by atoms with Crippen LogP contribution in [0.5, 0.6) is 11.5 Å². The van der Waals surface area contributed by atoms with Crippen molar-refractivity contribution < 1.29 is 19.0 Å². The average molecular weight is 440 g/mol. The third-order valence-corrected chi connectivity index (χ3v) is 6.53. The normalized spacial score (nSPS) is 18.6. The number of carbonyl (C=O) groups is 1. The number of hydrogen-bond acceptors (Lipinski definition) is 4. The quantitative estimate of drug-likeness (QED) is 0.523. The van der Waals surface area contributed by atoms with E-state index >= 15 is 0 Å². The molecule has 1 amide bonds. The zero-order chi connectivity index (χ0) is 23.1.